The Morgan fingerprint density at radius 3 is 2.47 bits per heavy atom. The highest BCUT2D eigenvalue weighted by Crippen LogP contribution is 2.67. The number of hydrogen-bond donors (Lipinski definition) is 3. The molecule has 0 spiro atoms. The Hall–Kier alpha value is -1.56. The third-order valence-corrected chi connectivity index (χ3v) is 8.92. The molecule has 32 heavy (non-hydrogen) atoms. The number of esters is 2. The third kappa shape index (κ3) is 2.40. The van der Waals surface area contributed by atoms with E-state index in [0.29, 0.717) is 12.8 Å². The van der Waals surface area contributed by atoms with Crippen molar-refractivity contribution in [3.63, 3.8) is 0 Å². The van der Waals surface area contributed by atoms with Crippen LogP contribution in [0.4, 0.5) is 0 Å². The van der Waals surface area contributed by atoms with E-state index in [4.69, 9.17) is 23.7 Å². The molecular weight excluding hydrogens is 424 g/mol. The van der Waals surface area contributed by atoms with E-state index < -0.39 is 76.7 Å². The van der Waals surface area contributed by atoms with E-state index >= 15 is 0 Å². The lowest BCUT2D eigenvalue weighted by Gasteiger charge is -2.66. The summed E-state index contributed by atoms with van der Waals surface area (Å²) in [6, 6.07) is 0. The molecule has 0 aromatic rings. The Kier molecular flexibility index (Phi) is 4.68. The van der Waals surface area contributed by atoms with E-state index in [0.717, 1.165) is 0 Å². The molecule has 3 saturated heterocycles. The van der Waals surface area contributed by atoms with Crippen molar-refractivity contribution in [1.29, 1.82) is 0 Å². The van der Waals surface area contributed by atoms with E-state index in [1.165, 1.54) is 20.3 Å². The largest absolute Gasteiger partial charge is 0.459 e. The zero-order valence-electron chi connectivity index (χ0n) is 18.5. The predicted molar refractivity (Wildman–Crippen MR) is 105 cm³/mol. The number of carbonyl (C=O) groups is 2. The van der Waals surface area contributed by atoms with Crippen molar-refractivity contribution in [1.82, 2.24) is 0 Å². The summed E-state index contributed by atoms with van der Waals surface area (Å²) in [5.74, 6) is -2.11. The second-order valence-electron chi connectivity index (χ2n) is 10.3. The summed E-state index contributed by atoms with van der Waals surface area (Å²) in [5.41, 5.74) is -5.54. The van der Waals surface area contributed by atoms with Gasteiger partial charge in [-0.25, -0.2) is 4.79 Å². The summed E-state index contributed by atoms with van der Waals surface area (Å²) >= 11 is 0. The number of aliphatic hydroxyl groups excluding tert-OH is 1. The minimum Gasteiger partial charge on any atom is -0.459 e. The van der Waals surface area contributed by atoms with Crippen molar-refractivity contribution in [2.45, 2.75) is 75.2 Å². The Morgan fingerprint density at radius 2 is 1.84 bits per heavy atom. The molecule has 0 unspecified atom stereocenters. The van der Waals surface area contributed by atoms with E-state index in [1.807, 2.05) is 13.8 Å². The number of methoxy groups -OCH3 is 2. The van der Waals surface area contributed by atoms with Crippen LogP contribution in [-0.2, 0) is 33.3 Å². The summed E-state index contributed by atoms with van der Waals surface area (Å²) in [6.07, 6.45) is -1.60. The lowest BCUT2D eigenvalue weighted by atomic mass is 9.42. The second-order valence-corrected chi connectivity index (χ2v) is 10.3. The van der Waals surface area contributed by atoms with Gasteiger partial charge in [0.1, 0.15) is 18.3 Å². The number of cyclic esters (lactones) is 1. The fraction of sp³-hybridized carbons (Fsp3) is 0.818. The monoisotopic (exact) mass is 454 g/mol. The van der Waals surface area contributed by atoms with E-state index in [9.17, 15) is 24.9 Å². The summed E-state index contributed by atoms with van der Waals surface area (Å²) in [6.45, 7) is 3.76. The van der Waals surface area contributed by atoms with Gasteiger partial charge in [0.2, 0.25) is 0 Å². The topological polar surface area (TPSA) is 141 Å². The van der Waals surface area contributed by atoms with Gasteiger partial charge in [0.25, 0.3) is 0 Å². The maximum absolute atomic E-state index is 13.2. The Balaban J connectivity index is 1.57. The van der Waals surface area contributed by atoms with Crippen molar-refractivity contribution in [3.05, 3.63) is 12.2 Å². The smallest absolute Gasteiger partial charge is 0.343 e. The van der Waals surface area contributed by atoms with Crippen LogP contribution in [0, 0.1) is 22.7 Å². The average molecular weight is 454 g/mol. The van der Waals surface area contributed by atoms with Gasteiger partial charge in [0.15, 0.2) is 23.8 Å². The van der Waals surface area contributed by atoms with Gasteiger partial charge < -0.3 is 39.0 Å². The first-order valence-corrected chi connectivity index (χ1v) is 10.9. The minimum absolute atomic E-state index is 0.148. The lowest BCUT2D eigenvalue weighted by Crippen LogP contribution is -2.74. The van der Waals surface area contributed by atoms with Gasteiger partial charge in [-0.1, -0.05) is 13.8 Å². The predicted octanol–water partition coefficient (Wildman–Crippen LogP) is -0.366. The maximum atomic E-state index is 13.2. The molecule has 0 aromatic heterocycles. The summed E-state index contributed by atoms with van der Waals surface area (Å²) in [4.78, 5) is 25.8. The minimum atomic E-state index is -2.08. The average Bonchev–Trinajstić information content (AvgIpc) is 2.99. The number of ether oxygens (including phenoxy) is 5. The first-order chi connectivity index (χ1) is 15.0. The molecule has 1 saturated carbocycles. The Labute approximate surface area is 185 Å². The number of aliphatic hydroxyl groups is 3. The van der Waals surface area contributed by atoms with Crippen LogP contribution >= 0.6 is 0 Å². The lowest BCUT2D eigenvalue weighted by molar-refractivity contribution is -0.282. The molecule has 0 aromatic carbocycles. The molecule has 6 rings (SSSR count). The van der Waals surface area contributed by atoms with E-state index in [1.54, 1.807) is 6.08 Å². The molecule has 4 heterocycles. The van der Waals surface area contributed by atoms with Crippen LogP contribution in [0.25, 0.3) is 0 Å². The number of hydrogen-bond acceptors (Lipinski definition) is 10. The number of fused-ring (bicyclic) bond motifs is 2. The normalized spacial score (nSPS) is 56.4. The summed E-state index contributed by atoms with van der Waals surface area (Å²) < 4.78 is 27.1. The third-order valence-electron chi connectivity index (χ3n) is 8.92. The van der Waals surface area contributed by atoms with E-state index in [-0.39, 0.29) is 6.42 Å². The first-order valence-electron chi connectivity index (χ1n) is 10.9. The van der Waals surface area contributed by atoms with Gasteiger partial charge in [-0.2, -0.15) is 0 Å². The van der Waals surface area contributed by atoms with Crippen LogP contribution in [0.1, 0.15) is 33.1 Å². The van der Waals surface area contributed by atoms with Crippen LogP contribution < -0.4 is 0 Å². The molecule has 178 valence electrons. The van der Waals surface area contributed by atoms with Crippen LogP contribution in [0.3, 0.4) is 0 Å². The molecule has 2 bridgehead atoms. The van der Waals surface area contributed by atoms with Crippen LogP contribution in [0.15, 0.2) is 12.2 Å². The number of carbonyl (C=O) groups excluding carboxylic acids is 2. The number of rotatable bonds is 3. The fourth-order valence-electron chi connectivity index (χ4n) is 7.21. The van der Waals surface area contributed by atoms with Gasteiger partial charge in [0.05, 0.1) is 5.92 Å². The van der Waals surface area contributed by atoms with Gasteiger partial charge in [-0.05, 0) is 36.8 Å². The molecule has 0 radical (unpaired) electrons. The second kappa shape index (κ2) is 6.74. The highest BCUT2D eigenvalue weighted by atomic mass is 16.8. The zero-order chi connectivity index (χ0) is 23.3. The van der Waals surface area contributed by atoms with Crippen molar-refractivity contribution in [3.8, 4) is 0 Å². The summed E-state index contributed by atoms with van der Waals surface area (Å²) in [5, 5.41) is 33.7. The van der Waals surface area contributed by atoms with Crippen molar-refractivity contribution in [2.24, 2.45) is 22.7 Å². The molecule has 3 N–H and O–H groups in total. The maximum Gasteiger partial charge on any atom is 0.343 e. The highest BCUT2D eigenvalue weighted by Gasteiger charge is 2.74. The van der Waals surface area contributed by atoms with Crippen LogP contribution in [-0.4, -0.2) is 83.6 Å². The molecule has 11 atom stereocenters. The van der Waals surface area contributed by atoms with Gasteiger partial charge in [-0.15, -0.1) is 0 Å². The van der Waals surface area contributed by atoms with Crippen molar-refractivity contribution in [2.75, 3.05) is 14.2 Å². The highest BCUT2D eigenvalue weighted by molar-refractivity contribution is 5.86. The molecule has 4 aliphatic heterocycles. The van der Waals surface area contributed by atoms with Crippen LogP contribution in [0.2, 0.25) is 0 Å². The Morgan fingerprint density at radius 1 is 1.12 bits per heavy atom. The zero-order valence-corrected chi connectivity index (χ0v) is 18.5. The molecule has 4 fully saturated rings. The SMILES string of the molecule is CO[C@@H]1O[C@@H](OC)[C@](O)([C@@H]2C[C@]3(C)[C@@H](CC[C@]4(C)[C@H]3[C@H]3C=C[C@]4(O)C(=O)O3)C(=O)O2)[C@H]1O. The molecule has 0 amide bonds. The molecular formula is C22H30O10. The first kappa shape index (κ1) is 22.2. The Bertz CT molecular complexity index is 871. The standard InChI is InChI=1S/C22H30O10/c1-19-9-12(22(27)14(23)16(28-3)32-18(22)29-4)31-15(24)10(19)5-7-20(2)13(19)11-6-8-21(20,26)17(25)30-11/h6,8,10-14,16,18,23,26-27H,5,7,9H2,1-4H3/t10-,11+,12-,13-,14-,16+,18+,19+,20+,21-,22-/m0/s1. The molecule has 6 aliphatic rings. The van der Waals surface area contributed by atoms with Gasteiger partial charge in [-0.3, -0.25) is 4.79 Å². The van der Waals surface area contributed by atoms with Crippen LogP contribution in [0.5, 0.6) is 0 Å². The summed E-state index contributed by atoms with van der Waals surface area (Å²) in [7, 11) is 2.64. The fourth-order valence-corrected chi connectivity index (χ4v) is 7.21. The van der Waals surface area contributed by atoms with Crippen molar-refractivity contribution >= 4 is 11.9 Å². The molecule has 10 nitrogen and oxygen atoms in total. The quantitative estimate of drug-likeness (QED) is 0.382. The van der Waals surface area contributed by atoms with E-state index in [2.05, 4.69) is 0 Å². The molecule has 10 heteroatoms. The van der Waals surface area contributed by atoms with Gasteiger partial charge in [0, 0.05) is 25.6 Å². The molecule has 2 aliphatic carbocycles. The van der Waals surface area contributed by atoms with Crippen molar-refractivity contribution < 1.29 is 48.6 Å². The van der Waals surface area contributed by atoms with Gasteiger partial charge >= 0.3 is 11.9 Å².